The summed E-state index contributed by atoms with van der Waals surface area (Å²) in [6.07, 6.45) is 0. The molecule has 3 rings (SSSR count). The van der Waals surface area contributed by atoms with Crippen molar-refractivity contribution in [3.63, 3.8) is 0 Å². The van der Waals surface area contributed by atoms with Gasteiger partial charge in [-0.2, -0.15) is 4.31 Å². The van der Waals surface area contributed by atoms with Gasteiger partial charge >= 0.3 is 0 Å². The van der Waals surface area contributed by atoms with E-state index in [1.54, 1.807) is 35.2 Å². The van der Waals surface area contributed by atoms with Crippen LogP contribution in [-0.2, 0) is 14.8 Å². The van der Waals surface area contributed by atoms with Gasteiger partial charge in [-0.05, 0) is 74.2 Å². The highest BCUT2D eigenvalue weighted by atomic mass is 32.2. The molecule has 0 aliphatic carbocycles. The van der Waals surface area contributed by atoms with Gasteiger partial charge in [0.2, 0.25) is 15.9 Å². The number of hydrogen-bond donors (Lipinski definition) is 1. The maximum absolute atomic E-state index is 12.9. The monoisotopic (exact) mass is 443 g/mol. The molecule has 1 fully saturated rings. The van der Waals surface area contributed by atoms with E-state index in [0.717, 1.165) is 22.3 Å². The maximum Gasteiger partial charge on any atom is 0.251 e. The quantitative estimate of drug-likeness (QED) is 0.767. The third-order valence-electron chi connectivity index (χ3n) is 5.88. The van der Waals surface area contributed by atoms with Crippen molar-refractivity contribution in [3.05, 3.63) is 64.2 Å². The topological polar surface area (TPSA) is 86.8 Å². The molecule has 1 aliphatic heterocycles. The van der Waals surface area contributed by atoms with Crippen LogP contribution in [0.2, 0.25) is 0 Å². The molecule has 0 bridgehead atoms. The Kier molecular flexibility index (Phi) is 6.81. The Labute approximate surface area is 184 Å². The van der Waals surface area contributed by atoms with Gasteiger partial charge in [0.25, 0.3) is 5.91 Å². The average molecular weight is 444 g/mol. The molecule has 7 nitrogen and oxygen atoms in total. The Bertz CT molecular complexity index is 1100. The minimum absolute atomic E-state index is 0.115. The van der Waals surface area contributed by atoms with E-state index in [1.807, 2.05) is 33.8 Å². The van der Waals surface area contributed by atoms with Crippen molar-refractivity contribution < 1.29 is 18.0 Å². The van der Waals surface area contributed by atoms with E-state index in [0.29, 0.717) is 18.7 Å². The molecule has 8 heteroatoms. The first-order chi connectivity index (χ1) is 14.6. The van der Waals surface area contributed by atoms with Crippen molar-refractivity contribution in [1.82, 2.24) is 14.5 Å². The van der Waals surface area contributed by atoms with E-state index < -0.39 is 10.0 Å². The summed E-state index contributed by atoms with van der Waals surface area (Å²) < 4.78 is 27.2. The highest BCUT2D eigenvalue weighted by Gasteiger charge is 2.30. The lowest BCUT2D eigenvalue weighted by atomic mass is 10.1. The smallest absolute Gasteiger partial charge is 0.251 e. The van der Waals surface area contributed by atoms with Crippen LogP contribution in [0.5, 0.6) is 0 Å². The largest absolute Gasteiger partial charge is 0.343 e. The molecule has 1 heterocycles. The summed E-state index contributed by atoms with van der Waals surface area (Å²) in [7, 11) is -3.59. The molecule has 1 aliphatic rings. The number of nitrogens with one attached hydrogen (secondary N) is 1. The summed E-state index contributed by atoms with van der Waals surface area (Å²) >= 11 is 0. The van der Waals surface area contributed by atoms with Gasteiger partial charge in [-0.15, -0.1) is 0 Å². The molecule has 0 saturated carbocycles. The summed E-state index contributed by atoms with van der Waals surface area (Å²) in [5.41, 5.74) is 4.59. The van der Waals surface area contributed by atoms with Crippen molar-refractivity contribution in [1.29, 1.82) is 0 Å². The molecule has 0 aromatic heterocycles. The second-order valence-electron chi connectivity index (χ2n) is 8.01. The minimum Gasteiger partial charge on any atom is -0.343 e. The first kappa shape index (κ1) is 23.0. The molecule has 0 spiro atoms. The molecule has 0 atom stereocenters. The SMILES string of the molecule is Cc1ccc(C(=O)NCC(=O)N2CCN(S(=O)(=O)c3ccc(C)c(C)c3)CC2)cc1C. The Balaban J connectivity index is 1.55. The van der Waals surface area contributed by atoms with Gasteiger partial charge in [0, 0.05) is 31.7 Å². The average Bonchev–Trinajstić information content (AvgIpc) is 2.75. The molecule has 1 N–H and O–H groups in total. The molecule has 0 radical (unpaired) electrons. The number of aryl methyl sites for hydroxylation is 4. The second kappa shape index (κ2) is 9.20. The molecular weight excluding hydrogens is 414 g/mol. The number of sulfonamides is 1. The molecule has 31 heavy (non-hydrogen) atoms. The molecule has 166 valence electrons. The highest BCUT2D eigenvalue weighted by molar-refractivity contribution is 7.89. The predicted octanol–water partition coefficient (Wildman–Crippen LogP) is 2.18. The van der Waals surface area contributed by atoms with Crippen molar-refractivity contribution in [2.24, 2.45) is 0 Å². The number of carbonyl (C=O) groups is 2. The maximum atomic E-state index is 12.9. The van der Waals surface area contributed by atoms with E-state index in [-0.39, 0.29) is 36.3 Å². The summed E-state index contributed by atoms with van der Waals surface area (Å²) in [5, 5.41) is 2.66. The summed E-state index contributed by atoms with van der Waals surface area (Å²) in [6.45, 7) is 8.66. The fourth-order valence-electron chi connectivity index (χ4n) is 3.45. The van der Waals surface area contributed by atoms with Gasteiger partial charge in [0.05, 0.1) is 11.4 Å². The molecule has 2 amide bonds. The number of hydrogen-bond acceptors (Lipinski definition) is 4. The third kappa shape index (κ3) is 5.14. The number of rotatable bonds is 5. The molecule has 2 aromatic carbocycles. The van der Waals surface area contributed by atoms with Gasteiger partial charge in [-0.1, -0.05) is 12.1 Å². The molecule has 1 saturated heterocycles. The number of piperazine rings is 1. The van der Waals surface area contributed by atoms with Gasteiger partial charge in [-0.3, -0.25) is 9.59 Å². The van der Waals surface area contributed by atoms with Gasteiger partial charge in [-0.25, -0.2) is 8.42 Å². The van der Waals surface area contributed by atoms with E-state index in [1.165, 1.54) is 4.31 Å². The Morgan fingerprint density at radius 3 is 2.00 bits per heavy atom. The summed E-state index contributed by atoms with van der Waals surface area (Å²) in [6, 6.07) is 10.5. The predicted molar refractivity (Wildman–Crippen MR) is 120 cm³/mol. The van der Waals surface area contributed by atoms with Crippen LogP contribution in [0, 0.1) is 27.7 Å². The summed E-state index contributed by atoms with van der Waals surface area (Å²) in [5.74, 6) is -0.521. The zero-order valence-electron chi connectivity index (χ0n) is 18.4. The fraction of sp³-hybridized carbons (Fsp3) is 0.391. The molecular formula is C23H29N3O4S. The normalized spacial score (nSPS) is 15.0. The van der Waals surface area contributed by atoms with Crippen molar-refractivity contribution >= 4 is 21.8 Å². The van der Waals surface area contributed by atoms with Crippen LogP contribution in [0.25, 0.3) is 0 Å². The first-order valence-corrected chi connectivity index (χ1v) is 11.7. The lowest BCUT2D eigenvalue weighted by Crippen LogP contribution is -2.52. The van der Waals surface area contributed by atoms with Crippen LogP contribution in [0.15, 0.2) is 41.3 Å². The number of carbonyl (C=O) groups excluding carboxylic acids is 2. The van der Waals surface area contributed by atoms with E-state index in [2.05, 4.69) is 5.32 Å². The zero-order valence-corrected chi connectivity index (χ0v) is 19.3. The van der Waals surface area contributed by atoms with Crippen LogP contribution < -0.4 is 5.32 Å². The molecule has 0 unspecified atom stereocenters. The van der Waals surface area contributed by atoms with Gasteiger partial charge in [0.1, 0.15) is 0 Å². The molecule has 2 aromatic rings. The Morgan fingerprint density at radius 1 is 0.839 bits per heavy atom. The fourth-order valence-corrected chi connectivity index (χ4v) is 4.96. The van der Waals surface area contributed by atoms with Gasteiger partial charge < -0.3 is 10.2 Å². The Morgan fingerprint density at radius 2 is 1.42 bits per heavy atom. The Hall–Kier alpha value is -2.71. The van der Waals surface area contributed by atoms with E-state index in [4.69, 9.17) is 0 Å². The highest BCUT2D eigenvalue weighted by Crippen LogP contribution is 2.20. The van der Waals surface area contributed by atoms with E-state index >= 15 is 0 Å². The minimum atomic E-state index is -3.59. The number of amides is 2. The third-order valence-corrected chi connectivity index (χ3v) is 7.77. The summed E-state index contributed by atoms with van der Waals surface area (Å²) in [4.78, 5) is 26.7. The van der Waals surface area contributed by atoms with E-state index in [9.17, 15) is 18.0 Å². The van der Waals surface area contributed by atoms with Crippen LogP contribution >= 0.6 is 0 Å². The number of benzene rings is 2. The first-order valence-electron chi connectivity index (χ1n) is 10.3. The van der Waals surface area contributed by atoms with Crippen molar-refractivity contribution in [2.45, 2.75) is 32.6 Å². The zero-order chi connectivity index (χ0) is 22.8. The van der Waals surface area contributed by atoms with Crippen molar-refractivity contribution in [3.8, 4) is 0 Å². The van der Waals surface area contributed by atoms with Crippen LogP contribution in [0.4, 0.5) is 0 Å². The van der Waals surface area contributed by atoms with Crippen LogP contribution in [-0.4, -0.2) is 62.2 Å². The van der Waals surface area contributed by atoms with Crippen LogP contribution in [0.1, 0.15) is 32.6 Å². The number of nitrogens with zero attached hydrogens (tertiary/aromatic N) is 2. The lowest BCUT2D eigenvalue weighted by molar-refractivity contribution is -0.131. The second-order valence-corrected chi connectivity index (χ2v) is 9.95. The lowest BCUT2D eigenvalue weighted by Gasteiger charge is -2.34. The van der Waals surface area contributed by atoms with Crippen LogP contribution in [0.3, 0.4) is 0 Å². The van der Waals surface area contributed by atoms with Crippen molar-refractivity contribution in [2.75, 3.05) is 32.7 Å². The van der Waals surface area contributed by atoms with Gasteiger partial charge in [0.15, 0.2) is 0 Å². The standard InChI is InChI=1S/C23H29N3O4S/c1-16-5-7-20(13-18(16)3)23(28)24-15-22(27)25-9-11-26(12-10-25)31(29,30)21-8-6-17(2)19(4)14-21/h5-8,13-14H,9-12,15H2,1-4H3,(H,24,28).